The van der Waals surface area contributed by atoms with Crippen molar-refractivity contribution in [2.75, 3.05) is 16.0 Å². The molecular weight excluding hydrogens is 550 g/mol. The first kappa shape index (κ1) is 27.0. The van der Waals surface area contributed by atoms with E-state index in [-0.39, 0.29) is 34.5 Å². The van der Waals surface area contributed by atoms with Crippen molar-refractivity contribution in [1.82, 2.24) is 10.2 Å². The Labute approximate surface area is 237 Å². The van der Waals surface area contributed by atoms with Crippen LogP contribution in [-0.2, 0) is 9.59 Å². The number of anilines is 2. The topological polar surface area (TPSA) is 168 Å². The van der Waals surface area contributed by atoms with Crippen LogP contribution in [0.5, 0.6) is 0 Å². The van der Waals surface area contributed by atoms with Crippen LogP contribution in [0.4, 0.5) is 16.5 Å². The van der Waals surface area contributed by atoms with Gasteiger partial charge in [-0.3, -0.25) is 24.6 Å². The first-order valence-corrected chi connectivity index (χ1v) is 14.1. The van der Waals surface area contributed by atoms with Crippen LogP contribution < -0.4 is 16.0 Å². The van der Waals surface area contributed by atoms with Crippen molar-refractivity contribution in [1.29, 1.82) is 5.26 Å². The number of nitrogens with two attached hydrogens (primary N) is 1. The van der Waals surface area contributed by atoms with Crippen LogP contribution in [0.15, 0.2) is 75.5 Å². The molecule has 0 saturated carbocycles. The average molecular weight is 574 g/mol. The number of nitro groups is 1. The molecule has 3 N–H and O–H groups in total. The van der Waals surface area contributed by atoms with Crippen LogP contribution >= 0.6 is 23.1 Å². The number of nitrogens with one attached hydrogen (secondary N) is 1. The molecule has 1 aromatic heterocycles. The van der Waals surface area contributed by atoms with E-state index in [0.29, 0.717) is 40.0 Å². The summed E-state index contributed by atoms with van der Waals surface area (Å²) in [4.78, 5) is 37.8. The van der Waals surface area contributed by atoms with Crippen molar-refractivity contribution >= 4 is 51.3 Å². The first-order valence-electron chi connectivity index (χ1n) is 12.3. The smallest absolute Gasteiger partial charge is 0.271 e. The molecule has 40 heavy (non-hydrogen) atoms. The highest BCUT2D eigenvalue weighted by atomic mass is 32.2. The summed E-state index contributed by atoms with van der Waals surface area (Å²) in [6.07, 6.45) is 1.64. The van der Waals surface area contributed by atoms with Crippen molar-refractivity contribution in [3.05, 3.63) is 92.4 Å². The van der Waals surface area contributed by atoms with Crippen molar-refractivity contribution in [2.45, 2.75) is 36.4 Å². The third kappa shape index (κ3) is 5.31. The van der Waals surface area contributed by atoms with Crippen molar-refractivity contribution in [2.24, 2.45) is 5.73 Å². The van der Waals surface area contributed by atoms with Crippen LogP contribution in [0.25, 0.3) is 0 Å². The minimum atomic E-state index is -0.552. The van der Waals surface area contributed by atoms with Gasteiger partial charge in [-0.25, -0.2) is 0 Å². The lowest BCUT2D eigenvalue weighted by molar-refractivity contribution is -0.384. The number of hydrogen-bond donors (Lipinski definition) is 2. The van der Waals surface area contributed by atoms with Gasteiger partial charge in [0.25, 0.3) is 5.69 Å². The van der Waals surface area contributed by atoms with Gasteiger partial charge in [0.2, 0.25) is 11.0 Å². The zero-order valence-electron chi connectivity index (χ0n) is 21.3. The van der Waals surface area contributed by atoms with Gasteiger partial charge in [-0.1, -0.05) is 59.0 Å². The minimum absolute atomic E-state index is 0.00593. The second-order valence-corrected chi connectivity index (χ2v) is 11.4. The molecule has 1 aliphatic heterocycles. The number of ketones is 1. The summed E-state index contributed by atoms with van der Waals surface area (Å²) in [5, 5.41) is 32.6. The Bertz CT molecular complexity index is 1620. The molecule has 1 aliphatic carbocycles. The van der Waals surface area contributed by atoms with Crippen molar-refractivity contribution in [3.8, 4) is 6.07 Å². The number of aryl methyl sites for hydroxylation is 1. The summed E-state index contributed by atoms with van der Waals surface area (Å²) in [5.74, 6) is -0.737. The van der Waals surface area contributed by atoms with Crippen LogP contribution in [0.3, 0.4) is 0 Å². The Kier molecular flexibility index (Phi) is 7.63. The Balaban J connectivity index is 1.39. The van der Waals surface area contributed by atoms with Crippen molar-refractivity contribution < 1.29 is 14.5 Å². The highest BCUT2D eigenvalue weighted by Crippen LogP contribution is 2.47. The van der Waals surface area contributed by atoms with E-state index in [9.17, 15) is 25.0 Å². The number of hydrogen-bond acceptors (Lipinski definition) is 11. The summed E-state index contributed by atoms with van der Waals surface area (Å²) in [5.41, 5.74) is 10.2. The zero-order chi connectivity index (χ0) is 28.4. The maximum absolute atomic E-state index is 13.2. The van der Waals surface area contributed by atoms with E-state index in [4.69, 9.17) is 5.73 Å². The molecule has 0 fully saturated rings. The molecule has 202 valence electrons. The number of nitro benzene ring substituents is 1. The monoisotopic (exact) mass is 573 g/mol. The van der Waals surface area contributed by atoms with Gasteiger partial charge in [-0.15, -0.1) is 10.2 Å². The standard InChI is InChI=1S/C27H23N7O4S2/c1-15-8-10-16(11-9-15)23-19(13-28)25(29)33(20-6-3-7-21(35)24(20)23)26-31-32-27(40-26)39-14-22(36)30-17-4-2-5-18(12-17)34(37)38/h2,4-5,8-12,23H,3,6-7,14,29H2,1H3,(H,30,36). The number of benzene rings is 2. The predicted molar refractivity (Wildman–Crippen MR) is 151 cm³/mol. The number of Topliss-reactive ketones (excluding diaryl/α,β-unsaturated/α-hetero) is 1. The number of aromatic nitrogens is 2. The van der Waals surface area contributed by atoms with Crippen LogP contribution in [0.2, 0.25) is 0 Å². The molecule has 0 radical (unpaired) electrons. The largest absolute Gasteiger partial charge is 0.384 e. The zero-order valence-corrected chi connectivity index (χ0v) is 22.9. The Morgan fingerprint density at radius 3 is 2.77 bits per heavy atom. The van der Waals surface area contributed by atoms with Crippen LogP contribution in [0, 0.1) is 28.4 Å². The number of non-ortho nitro benzene ring substituents is 1. The number of amides is 1. The first-order chi connectivity index (χ1) is 19.3. The fourth-order valence-corrected chi connectivity index (χ4v) is 6.45. The fraction of sp³-hybridized carbons (Fsp3) is 0.222. The molecule has 2 aliphatic rings. The third-order valence-corrected chi connectivity index (χ3v) is 8.62. The lowest BCUT2D eigenvalue weighted by Gasteiger charge is -2.38. The van der Waals surface area contributed by atoms with E-state index in [2.05, 4.69) is 21.6 Å². The molecule has 0 saturated heterocycles. The third-order valence-electron chi connectivity index (χ3n) is 6.58. The summed E-state index contributed by atoms with van der Waals surface area (Å²) < 4.78 is 0.487. The van der Waals surface area contributed by atoms with E-state index < -0.39 is 10.8 Å². The molecule has 13 heteroatoms. The Morgan fingerprint density at radius 2 is 2.05 bits per heavy atom. The van der Waals surface area contributed by atoms with Gasteiger partial charge in [-0.05, 0) is 31.4 Å². The number of nitrogens with zero attached hydrogens (tertiary/aromatic N) is 5. The summed E-state index contributed by atoms with van der Waals surface area (Å²) in [7, 11) is 0. The molecule has 1 unspecified atom stereocenters. The number of thioether (sulfide) groups is 1. The van der Waals surface area contributed by atoms with E-state index in [1.165, 1.54) is 29.5 Å². The second kappa shape index (κ2) is 11.3. The number of rotatable bonds is 7. The normalized spacial score (nSPS) is 16.9. The van der Waals surface area contributed by atoms with Gasteiger partial charge in [0.15, 0.2) is 10.1 Å². The van der Waals surface area contributed by atoms with Gasteiger partial charge in [-0.2, -0.15) is 5.26 Å². The molecule has 2 heterocycles. The lowest BCUT2D eigenvalue weighted by Crippen LogP contribution is -2.38. The maximum atomic E-state index is 13.2. The van der Waals surface area contributed by atoms with Gasteiger partial charge < -0.3 is 11.1 Å². The summed E-state index contributed by atoms with van der Waals surface area (Å²) >= 11 is 2.34. The highest BCUT2D eigenvalue weighted by molar-refractivity contribution is 8.01. The van der Waals surface area contributed by atoms with E-state index in [0.717, 1.165) is 28.6 Å². The second-order valence-electron chi connectivity index (χ2n) is 9.22. The number of carbonyl (C=O) groups excluding carboxylic acids is 2. The van der Waals surface area contributed by atoms with E-state index >= 15 is 0 Å². The van der Waals surface area contributed by atoms with Gasteiger partial charge >= 0.3 is 0 Å². The number of carbonyl (C=O) groups is 2. The number of allylic oxidation sites excluding steroid dienone is 3. The van der Waals surface area contributed by atoms with Gasteiger partial charge in [0.05, 0.1) is 28.2 Å². The van der Waals surface area contributed by atoms with E-state index in [1.54, 1.807) is 11.0 Å². The molecule has 3 aromatic rings. The maximum Gasteiger partial charge on any atom is 0.271 e. The minimum Gasteiger partial charge on any atom is -0.384 e. The Hall–Kier alpha value is -4.54. The van der Waals surface area contributed by atoms with Crippen LogP contribution in [0.1, 0.15) is 36.3 Å². The SMILES string of the molecule is Cc1ccc(C2C(C#N)=C(N)N(c3nnc(SCC(=O)Nc4cccc([N+](=O)[O-])c4)s3)C3=C2C(=O)CCC3)cc1. The molecule has 0 bridgehead atoms. The molecule has 11 nitrogen and oxygen atoms in total. The predicted octanol–water partition coefficient (Wildman–Crippen LogP) is 4.79. The summed E-state index contributed by atoms with van der Waals surface area (Å²) in [6.45, 7) is 1.97. The molecule has 2 aromatic carbocycles. The molecule has 0 spiro atoms. The lowest BCUT2D eigenvalue weighted by atomic mass is 9.75. The van der Waals surface area contributed by atoms with Gasteiger partial charge in [0, 0.05) is 35.5 Å². The van der Waals surface area contributed by atoms with Crippen molar-refractivity contribution in [3.63, 3.8) is 0 Å². The quantitative estimate of drug-likeness (QED) is 0.228. The van der Waals surface area contributed by atoms with Gasteiger partial charge in [0.1, 0.15) is 5.82 Å². The molecule has 5 rings (SSSR count). The summed E-state index contributed by atoms with van der Waals surface area (Å²) in [6, 6.07) is 15.7. The average Bonchev–Trinajstić information content (AvgIpc) is 3.40. The van der Waals surface area contributed by atoms with E-state index in [1.807, 2.05) is 31.2 Å². The number of nitriles is 1. The van der Waals surface area contributed by atoms with Crippen LogP contribution in [-0.4, -0.2) is 32.6 Å². The molecular formula is C27H23N7O4S2. The fourth-order valence-electron chi connectivity index (χ4n) is 4.77. The molecule has 1 atom stereocenters. The molecule has 1 amide bonds. The highest BCUT2D eigenvalue weighted by Gasteiger charge is 2.41. The Morgan fingerprint density at radius 1 is 1.27 bits per heavy atom.